The number of pyridine rings is 1. The molecule has 0 aromatic carbocycles. The highest BCUT2D eigenvalue weighted by Crippen LogP contribution is 2.14. The summed E-state index contributed by atoms with van der Waals surface area (Å²) in [6, 6.07) is 3.38. The molecule has 92 valence electrons. The van der Waals surface area contributed by atoms with Gasteiger partial charge in [-0.3, -0.25) is 4.79 Å². The molecule has 2 heterocycles. The molecule has 2 rings (SSSR count). The summed E-state index contributed by atoms with van der Waals surface area (Å²) in [6.07, 6.45) is 6.50. The highest BCUT2D eigenvalue weighted by molar-refractivity contribution is 7.80. The average molecular weight is 261 g/mol. The molecule has 0 saturated heterocycles. The molecule has 1 aromatic heterocycles. The van der Waals surface area contributed by atoms with Crippen molar-refractivity contribution in [1.29, 1.82) is 0 Å². The molecule has 1 aliphatic rings. The van der Waals surface area contributed by atoms with Crippen molar-refractivity contribution in [1.82, 2.24) is 4.98 Å². The molecule has 1 amide bonds. The molecule has 0 saturated carbocycles. The molecular weight excluding hydrogens is 250 g/mol. The summed E-state index contributed by atoms with van der Waals surface area (Å²) in [4.78, 5) is 20.2. The van der Waals surface area contributed by atoms with Gasteiger partial charge in [-0.05, 0) is 12.1 Å². The number of ether oxygens (including phenoxy) is 1. The third-order valence-corrected chi connectivity index (χ3v) is 2.71. The molecular formula is C12H11N3O2S. The van der Waals surface area contributed by atoms with Gasteiger partial charge in [0.1, 0.15) is 10.9 Å². The zero-order chi connectivity index (χ0) is 13.0. The Morgan fingerprint density at radius 3 is 2.94 bits per heavy atom. The van der Waals surface area contributed by atoms with Crippen LogP contribution in [-0.4, -0.2) is 29.2 Å². The van der Waals surface area contributed by atoms with Crippen LogP contribution in [0.1, 0.15) is 0 Å². The van der Waals surface area contributed by atoms with Gasteiger partial charge in [0.25, 0.3) is 0 Å². The molecule has 6 heteroatoms. The first-order valence-corrected chi connectivity index (χ1v) is 5.67. The first kappa shape index (κ1) is 12.4. The molecule has 0 bridgehead atoms. The standard InChI is InChI=1S/C12H11N3O2S/c1-17-10-5-4-8(7-14-10)15-11(16)9-3-2-6-13-12(9)18/h2-7,9H,1H3,(H,15,16). The summed E-state index contributed by atoms with van der Waals surface area (Å²) < 4.78 is 4.93. The van der Waals surface area contributed by atoms with Gasteiger partial charge < -0.3 is 10.1 Å². The van der Waals surface area contributed by atoms with Crippen LogP contribution in [0.3, 0.4) is 0 Å². The Labute approximate surface area is 110 Å². The Hall–Kier alpha value is -2.08. The van der Waals surface area contributed by atoms with Crippen LogP contribution in [0.5, 0.6) is 5.88 Å². The molecule has 5 nitrogen and oxygen atoms in total. The number of anilines is 1. The summed E-state index contributed by atoms with van der Waals surface area (Å²) >= 11 is 5.01. The van der Waals surface area contributed by atoms with Crippen molar-refractivity contribution in [3.8, 4) is 5.88 Å². The van der Waals surface area contributed by atoms with Crippen LogP contribution in [0.2, 0.25) is 0 Å². The van der Waals surface area contributed by atoms with Crippen LogP contribution in [0.25, 0.3) is 0 Å². The molecule has 1 aromatic rings. The van der Waals surface area contributed by atoms with Crippen molar-refractivity contribution < 1.29 is 9.53 Å². The van der Waals surface area contributed by atoms with Crippen LogP contribution in [-0.2, 0) is 4.79 Å². The zero-order valence-corrected chi connectivity index (χ0v) is 10.5. The highest BCUT2D eigenvalue weighted by atomic mass is 32.1. The number of hydrogen-bond acceptors (Lipinski definition) is 4. The number of carbonyl (C=O) groups is 1. The van der Waals surface area contributed by atoms with Gasteiger partial charge in [-0.1, -0.05) is 18.3 Å². The minimum Gasteiger partial charge on any atom is -0.481 e. The number of nitrogens with one attached hydrogen (secondary N) is 1. The van der Waals surface area contributed by atoms with E-state index in [4.69, 9.17) is 17.0 Å². The van der Waals surface area contributed by atoms with E-state index in [2.05, 4.69) is 15.3 Å². The van der Waals surface area contributed by atoms with Crippen LogP contribution >= 0.6 is 12.2 Å². The number of aromatic nitrogens is 1. The third-order valence-electron chi connectivity index (χ3n) is 2.35. The molecule has 18 heavy (non-hydrogen) atoms. The fraction of sp³-hybridized carbons (Fsp3) is 0.167. The van der Waals surface area contributed by atoms with E-state index in [9.17, 15) is 4.79 Å². The van der Waals surface area contributed by atoms with Gasteiger partial charge in [0.05, 0.1) is 19.0 Å². The van der Waals surface area contributed by atoms with E-state index in [0.717, 1.165) is 0 Å². The number of nitrogens with zero attached hydrogens (tertiary/aromatic N) is 2. The number of aliphatic imine (C=N–C) groups is 1. The Kier molecular flexibility index (Phi) is 3.78. The molecule has 1 unspecified atom stereocenters. The number of hydrogen-bond donors (Lipinski definition) is 1. The lowest BCUT2D eigenvalue weighted by molar-refractivity contribution is -0.116. The number of rotatable bonds is 3. The quantitative estimate of drug-likeness (QED) is 0.840. The van der Waals surface area contributed by atoms with E-state index >= 15 is 0 Å². The number of amides is 1. The number of methoxy groups -OCH3 is 1. The predicted molar refractivity (Wildman–Crippen MR) is 73.1 cm³/mol. The normalized spacial score (nSPS) is 17.6. The minimum absolute atomic E-state index is 0.222. The molecule has 1 atom stereocenters. The fourth-order valence-corrected chi connectivity index (χ4v) is 1.68. The van der Waals surface area contributed by atoms with Crippen molar-refractivity contribution in [2.75, 3.05) is 12.4 Å². The number of carbonyl (C=O) groups excluding carboxylic acids is 1. The van der Waals surface area contributed by atoms with Crippen molar-refractivity contribution in [2.24, 2.45) is 10.9 Å². The van der Waals surface area contributed by atoms with E-state index in [-0.39, 0.29) is 5.91 Å². The Morgan fingerprint density at radius 1 is 1.50 bits per heavy atom. The van der Waals surface area contributed by atoms with Gasteiger partial charge in [0.2, 0.25) is 11.8 Å². The van der Waals surface area contributed by atoms with E-state index in [1.54, 1.807) is 30.5 Å². The van der Waals surface area contributed by atoms with Crippen molar-refractivity contribution >= 4 is 35.0 Å². The lowest BCUT2D eigenvalue weighted by Gasteiger charge is -2.13. The highest BCUT2D eigenvalue weighted by Gasteiger charge is 2.21. The van der Waals surface area contributed by atoms with Crippen molar-refractivity contribution in [2.45, 2.75) is 0 Å². The SMILES string of the molecule is COc1ccc(NC(=O)C2C=CC=NC2=S)cn1. The smallest absolute Gasteiger partial charge is 0.238 e. The lowest BCUT2D eigenvalue weighted by atomic mass is 10.1. The Bertz CT molecular complexity index is 523. The summed E-state index contributed by atoms with van der Waals surface area (Å²) in [7, 11) is 1.53. The van der Waals surface area contributed by atoms with E-state index in [1.165, 1.54) is 13.3 Å². The van der Waals surface area contributed by atoms with Crippen molar-refractivity contribution in [3.63, 3.8) is 0 Å². The summed E-state index contributed by atoms with van der Waals surface area (Å²) in [5, 5.41) is 2.72. The van der Waals surface area contributed by atoms with Crippen LogP contribution < -0.4 is 10.1 Å². The Morgan fingerprint density at radius 2 is 2.33 bits per heavy atom. The molecule has 0 aliphatic carbocycles. The van der Waals surface area contributed by atoms with Crippen molar-refractivity contribution in [3.05, 3.63) is 30.5 Å². The molecule has 0 fully saturated rings. The van der Waals surface area contributed by atoms with Gasteiger partial charge in [0, 0.05) is 12.3 Å². The summed E-state index contributed by atoms with van der Waals surface area (Å²) in [5.74, 6) is -0.238. The van der Waals surface area contributed by atoms with Crippen LogP contribution in [0, 0.1) is 5.92 Å². The van der Waals surface area contributed by atoms with Gasteiger partial charge in [-0.25, -0.2) is 9.98 Å². The first-order chi connectivity index (χ1) is 8.70. The topological polar surface area (TPSA) is 63.6 Å². The van der Waals surface area contributed by atoms with Gasteiger partial charge >= 0.3 is 0 Å². The maximum atomic E-state index is 11.9. The minimum atomic E-state index is -0.507. The lowest BCUT2D eigenvalue weighted by Crippen LogP contribution is -2.27. The first-order valence-electron chi connectivity index (χ1n) is 5.26. The maximum absolute atomic E-state index is 11.9. The summed E-state index contributed by atoms with van der Waals surface area (Å²) in [5.41, 5.74) is 0.589. The van der Waals surface area contributed by atoms with Gasteiger partial charge in [-0.2, -0.15) is 0 Å². The van der Waals surface area contributed by atoms with Gasteiger partial charge in [0.15, 0.2) is 0 Å². The average Bonchev–Trinajstić information content (AvgIpc) is 2.40. The zero-order valence-electron chi connectivity index (χ0n) is 9.66. The fourth-order valence-electron chi connectivity index (χ4n) is 1.43. The van der Waals surface area contributed by atoms with Gasteiger partial charge in [-0.15, -0.1) is 0 Å². The molecule has 1 N–H and O–H groups in total. The van der Waals surface area contributed by atoms with Crippen LogP contribution in [0.15, 0.2) is 35.5 Å². The maximum Gasteiger partial charge on any atom is 0.238 e. The second kappa shape index (κ2) is 5.50. The number of dihydropyridines is 1. The van der Waals surface area contributed by atoms with E-state index < -0.39 is 5.92 Å². The second-order valence-corrected chi connectivity index (χ2v) is 3.98. The number of allylic oxidation sites excluding steroid dienone is 1. The predicted octanol–water partition coefficient (Wildman–Crippen LogP) is 1.61. The Balaban J connectivity index is 2.04. The van der Waals surface area contributed by atoms with E-state index in [0.29, 0.717) is 16.6 Å². The number of thiocarbonyl (C=S) groups is 1. The summed E-state index contributed by atoms with van der Waals surface area (Å²) in [6.45, 7) is 0. The molecule has 0 spiro atoms. The third kappa shape index (κ3) is 2.78. The monoisotopic (exact) mass is 261 g/mol. The van der Waals surface area contributed by atoms with Crippen LogP contribution in [0.4, 0.5) is 5.69 Å². The largest absolute Gasteiger partial charge is 0.481 e. The molecule has 0 radical (unpaired) electrons. The second-order valence-electron chi connectivity index (χ2n) is 3.56. The molecule has 1 aliphatic heterocycles. The van der Waals surface area contributed by atoms with E-state index in [1.807, 2.05) is 0 Å².